The molecule has 1 aromatic carbocycles. The predicted octanol–water partition coefficient (Wildman–Crippen LogP) is 3.65. The number of ether oxygens (including phenoxy) is 1. The van der Waals surface area contributed by atoms with E-state index in [1.807, 2.05) is 31.4 Å². The molecule has 0 aliphatic heterocycles. The number of amides is 2. The van der Waals surface area contributed by atoms with Crippen molar-refractivity contribution in [2.45, 2.75) is 44.6 Å². The Morgan fingerprint density at radius 1 is 1.48 bits per heavy atom. The van der Waals surface area contributed by atoms with Gasteiger partial charge in [-0.1, -0.05) is 18.2 Å². The number of nitrogens with two attached hydrogens (primary N) is 1. The van der Waals surface area contributed by atoms with Crippen molar-refractivity contribution in [3.63, 3.8) is 0 Å². The lowest BCUT2D eigenvalue weighted by molar-refractivity contribution is 0.252. The van der Waals surface area contributed by atoms with Gasteiger partial charge in [-0.05, 0) is 44.7 Å². The zero-order valence-corrected chi connectivity index (χ0v) is 16.3. The van der Waals surface area contributed by atoms with Gasteiger partial charge >= 0.3 is 6.03 Å². The average Bonchev–Trinajstić information content (AvgIpc) is 2.62. The van der Waals surface area contributed by atoms with Crippen LogP contribution in [-0.4, -0.2) is 16.8 Å². The van der Waals surface area contributed by atoms with Crippen LogP contribution < -0.4 is 21.9 Å². The number of hydrogen-bond donors (Lipinski definition) is 5. The Balaban J connectivity index is 1.88. The number of rotatable bonds is 6. The van der Waals surface area contributed by atoms with Gasteiger partial charge in [0.25, 0.3) is 0 Å². The highest BCUT2D eigenvalue weighted by molar-refractivity contribution is 6.23. The molecule has 0 fully saturated rings. The van der Waals surface area contributed by atoms with E-state index in [1.165, 1.54) is 0 Å². The average molecular weight is 392 g/mol. The van der Waals surface area contributed by atoms with Crippen molar-refractivity contribution in [2.24, 2.45) is 5.84 Å². The minimum absolute atomic E-state index is 0.0126. The van der Waals surface area contributed by atoms with E-state index < -0.39 is 6.03 Å². The van der Waals surface area contributed by atoms with Crippen molar-refractivity contribution < 1.29 is 9.53 Å². The smallest absolute Gasteiger partial charge is 0.333 e. The van der Waals surface area contributed by atoms with Gasteiger partial charge in [0.1, 0.15) is 6.61 Å². The number of aryl methyl sites for hydroxylation is 1. The zero-order chi connectivity index (χ0) is 19.9. The topological polar surface area (TPSA) is 112 Å². The lowest BCUT2D eigenvalue weighted by Crippen LogP contribution is -2.34. The first kappa shape index (κ1) is 20.8. The summed E-state index contributed by atoms with van der Waals surface area (Å²) in [5, 5.41) is 13.7. The summed E-state index contributed by atoms with van der Waals surface area (Å²) in [4.78, 5) is 11.3. The molecule has 7 nitrogen and oxygen atoms in total. The lowest BCUT2D eigenvalue weighted by Gasteiger charge is -2.26. The lowest BCUT2D eigenvalue weighted by atomic mass is 9.93. The Kier molecular flexibility index (Phi) is 7.27. The summed E-state index contributed by atoms with van der Waals surface area (Å²) >= 11 is 6.31. The maximum Gasteiger partial charge on any atom is 0.333 e. The van der Waals surface area contributed by atoms with Gasteiger partial charge in [0, 0.05) is 34.1 Å². The number of alkyl halides is 1. The highest BCUT2D eigenvalue weighted by Gasteiger charge is 2.23. The molecular formula is C19H26ClN5O2. The fourth-order valence-corrected chi connectivity index (χ4v) is 2.83. The molecule has 0 aromatic heterocycles. The second kappa shape index (κ2) is 9.43. The molecule has 1 unspecified atom stereocenters. The fourth-order valence-electron chi connectivity index (χ4n) is 2.66. The fraction of sp³-hybridized carbons (Fsp3) is 0.368. The van der Waals surface area contributed by atoms with Crippen LogP contribution in [0.1, 0.15) is 37.3 Å². The SMILES string of the molecule is Cc1cccc(NC(=O)NN)c1COC(=N)/C=C\NC1=CCC(C)(Cl)CC1. The highest BCUT2D eigenvalue weighted by Crippen LogP contribution is 2.31. The van der Waals surface area contributed by atoms with Gasteiger partial charge in [0.2, 0.25) is 5.90 Å². The minimum Gasteiger partial charge on any atom is -0.473 e. The van der Waals surface area contributed by atoms with E-state index in [2.05, 4.69) is 16.7 Å². The van der Waals surface area contributed by atoms with Gasteiger partial charge < -0.3 is 15.4 Å². The summed E-state index contributed by atoms with van der Waals surface area (Å²) < 4.78 is 5.50. The number of carbonyl (C=O) groups excluding carboxylic acids is 1. The van der Waals surface area contributed by atoms with Crippen LogP contribution in [0.3, 0.4) is 0 Å². The first-order valence-electron chi connectivity index (χ1n) is 8.69. The van der Waals surface area contributed by atoms with Crippen molar-refractivity contribution in [1.82, 2.24) is 10.7 Å². The molecule has 1 aromatic rings. The van der Waals surface area contributed by atoms with E-state index in [9.17, 15) is 4.79 Å². The van der Waals surface area contributed by atoms with Crippen LogP contribution in [0.15, 0.2) is 42.2 Å². The quantitative estimate of drug-likeness (QED) is 0.127. The summed E-state index contributed by atoms with van der Waals surface area (Å²) in [6, 6.07) is 4.96. The van der Waals surface area contributed by atoms with Crippen LogP contribution >= 0.6 is 11.6 Å². The molecule has 2 amide bonds. The molecule has 1 atom stereocenters. The van der Waals surface area contributed by atoms with Crippen LogP contribution in [0.4, 0.5) is 10.5 Å². The minimum atomic E-state index is -0.519. The van der Waals surface area contributed by atoms with Gasteiger partial charge in [-0.15, -0.1) is 11.6 Å². The van der Waals surface area contributed by atoms with E-state index in [-0.39, 0.29) is 17.4 Å². The Morgan fingerprint density at radius 2 is 2.26 bits per heavy atom. The molecule has 8 heteroatoms. The molecule has 27 heavy (non-hydrogen) atoms. The highest BCUT2D eigenvalue weighted by atomic mass is 35.5. The maximum absolute atomic E-state index is 11.5. The van der Waals surface area contributed by atoms with Gasteiger partial charge in [-0.2, -0.15) is 0 Å². The molecule has 0 spiro atoms. The molecule has 1 aliphatic carbocycles. The number of nitrogens with one attached hydrogen (secondary N) is 4. The van der Waals surface area contributed by atoms with E-state index >= 15 is 0 Å². The third-order valence-electron chi connectivity index (χ3n) is 4.35. The van der Waals surface area contributed by atoms with E-state index in [0.29, 0.717) is 5.69 Å². The molecule has 6 N–H and O–H groups in total. The van der Waals surface area contributed by atoms with Gasteiger partial charge in [-0.25, -0.2) is 10.6 Å². The molecule has 0 saturated heterocycles. The summed E-state index contributed by atoms with van der Waals surface area (Å²) in [5.41, 5.74) is 5.43. The number of hydrazine groups is 1. The normalized spacial score (nSPS) is 19.3. The van der Waals surface area contributed by atoms with Crippen molar-refractivity contribution >= 4 is 29.2 Å². The van der Waals surface area contributed by atoms with Crippen LogP contribution in [0.2, 0.25) is 0 Å². The second-order valence-corrected chi connectivity index (χ2v) is 7.59. The molecule has 0 heterocycles. The number of carbonyl (C=O) groups is 1. The molecule has 1 aliphatic rings. The summed E-state index contributed by atoms with van der Waals surface area (Å²) in [5.74, 6) is 5.12. The summed E-state index contributed by atoms with van der Waals surface area (Å²) in [7, 11) is 0. The monoisotopic (exact) mass is 391 g/mol. The van der Waals surface area contributed by atoms with E-state index in [1.54, 1.807) is 18.3 Å². The number of anilines is 1. The molecular weight excluding hydrogens is 366 g/mol. The third kappa shape index (κ3) is 6.62. The van der Waals surface area contributed by atoms with Crippen LogP contribution in [0.25, 0.3) is 0 Å². The predicted molar refractivity (Wildman–Crippen MR) is 109 cm³/mol. The van der Waals surface area contributed by atoms with E-state index in [4.69, 9.17) is 27.6 Å². The summed E-state index contributed by atoms with van der Waals surface area (Å²) in [6.07, 6.45) is 7.92. The van der Waals surface area contributed by atoms with Crippen LogP contribution in [0.5, 0.6) is 0 Å². The number of allylic oxidation sites excluding steroid dienone is 2. The summed E-state index contributed by atoms with van der Waals surface area (Å²) in [6.45, 7) is 4.10. The molecule has 2 rings (SSSR count). The number of benzene rings is 1. The number of urea groups is 1. The maximum atomic E-state index is 11.5. The first-order chi connectivity index (χ1) is 12.8. The van der Waals surface area contributed by atoms with Gasteiger partial charge in [0.05, 0.1) is 0 Å². The van der Waals surface area contributed by atoms with Gasteiger partial charge in [0.15, 0.2) is 0 Å². The van der Waals surface area contributed by atoms with Crippen molar-refractivity contribution in [1.29, 1.82) is 5.41 Å². The van der Waals surface area contributed by atoms with Crippen molar-refractivity contribution in [3.8, 4) is 0 Å². The van der Waals surface area contributed by atoms with Crippen LogP contribution in [-0.2, 0) is 11.3 Å². The Hall–Kier alpha value is -2.51. The third-order valence-corrected chi connectivity index (χ3v) is 4.70. The largest absolute Gasteiger partial charge is 0.473 e. The molecule has 146 valence electrons. The number of hydrogen-bond acceptors (Lipinski definition) is 5. The number of halogens is 1. The Bertz CT molecular complexity index is 758. The standard InChI is InChI=1S/C19H26ClN5O2/c1-13-4-3-5-16(24-18(26)25-22)15(13)12-27-17(21)8-11-23-14-6-9-19(2,20)10-7-14/h3-6,8,11,21,23H,7,9-10,12,22H2,1-2H3,(H2,24,25,26)/b11-8-,21-17?. The van der Waals surface area contributed by atoms with Crippen LogP contribution in [0, 0.1) is 12.3 Å². The zero-order valence-electron chi connectivity index (χ0n) is 15.6. The van der Waals surface area contributed by atoms with E-state index in [0.717, 1.165) is 36.1 Å². The van der Waals surface area contributed by atoms with Crippen molar-refractivity contribution in [3.05, 3.63) is 53.4 Å². The molecule has 0 saturated carbocycles. The first-order valence-corrected chi connectivity index (χ1v) is 9.07. The second-order valence-electron chi connectivity index (χ2n) is 6.68. The Labute approximate surface area is 164 Å². The van der Waals surface area contributed by atoms with Crippen molar-refractivity contribution in [2.75, 3.05) is 5.32 Å². The van der Waals surface area contributed by atoms with Gasteiger partial charge in [-0.3, -0.25) is 10.8 Å². The molecule has 0 bridgehead atoms. The molecule has 0 radical (unpaired) electrons. The Morgan fingerprint density at radius 3 is 2.93 bits per heavy atom.